The third-order valence-electron chi connectivity index (χ3n) is 3.99. The van der Waals surface area contributed by atoms with Crippen molar-refractivity contribution in [2.45, 2.75) is 38.5 Å². The summed E-state index contributed by atoms with van der Waals surface area (Å²) in [7, 11) is 0. The van der Waals surface area contributed by atoms with Crippen LogP contribution in [0.5, 0.6) is 0 Å². The lowest BCUT2D eigenvalue weighted by atomic mass is 9.98. The van der Waals surface area contributed by atoms with Crippen molar-refractivity contribution < 1.29 is 23.1 Å². The van der Waals surface area contributed by atoms with E-state index >= 15 is 0 Å². The van der Waals surface area contributed by atoms with Gasteiger partial charge in [0, 0.05) is 19.5 Å². The van der Waals surface area contributed by atoms with Crippen molar-refractivity contribution in [2.75, 3.05) is 13.1 Å². The molecule has 3 nitrogen and oxygen atoms in total. The van der Waals surface area contributed by atoms with Gasteiger partial charge in [-0.15, -0.1) is 0 Å². The Hall–Kier alpha value is -1.56. The number of carbonyl (C=O) groups excluding carboxylic acids is 1. The second-order valence-electron chi connectivity index (χ2n) is 5.79. The second-order valence-corrected chi connectivity index (χ2v) is 5.79. The zero-order valence-corrected chi connectivity index (χ0v) is 12.3. The zero-order valence-electron chi connectivity index (χ0n) is 12.3. The summed E-state index contributed by atoms with van der Waals surface area (Å²) >= 11 is 0. The quantitative estimate of drug-likeness (QED) is 0.907. The van der Waals surface area contributed by atoms with Crippen LogP contribution >= 0.6 is 0 Å². The smallest absolute Gasteiger partial charge is 0.389 e. The number of alkyl halides is 3. The number of halogens is 3. The zero-order chi connectivity index (χ0) is 16.2. The number of aliphatic hydroxyl groups excluding tert-OH is 1. The minimum atomic E-state index is -4.27. The highest BCUT2D eigenvalue weighted by atomic mass is 19.4. The van der Waals surface area contributed by atoms with Gasteiger partial charge in [0.1, 0.15) is 0 Å². The molecule has 1 saturated heterocycles. The molecule has 1 aliphatic rings. The maximum atomic E-state index is 12.1. The van der Waals surface area contributed by atoms with E-state index in [1.165, 1.54) is 0 Å². The molecule has 0 aromatic heterocycles. The van der Waals surface area contributed by atoms with Gasteiger partial charge in [0.25, 0.3) is 0 Å². The van der Waals surface area contributed by atoms with Gasteiger partial charge in [0.05, 0.1) is 13.0 Å². The van der Waals surface area contributed by atoms with E-state index in [1.807, 2.05) is 24.3 Å². The molecule has 22 heavy (non-hydrogen) atoms. The Morgan fingerprint density at radius 3 is 2.45 bits per heavy atom. The highest BCUT2D eigenvalue weighted by molar-refractivity contribution is 5.76. The molecule has 0 unspecified atom stereocenters. The first kappa shape index (κ1) is 16.8. The molecule has 1 fully saturated rings. The van der Waals surface area contributed by atoms with E-state index in [4.69, 9.17) is 5.11 Å². The van der Waals surface area contributed by atoms with Gasteiger partial charge in [-0.2, -0.15) is 13.2 Å². The summed E-state index contributed by atoms with van der Waals surface area (Å²) in [6.07, 6.45) is -4.16. The minimum Gasteiger partial charge on any atom is -0.392 e. The molecule has 0 bridgehead atoms. The van der Waals surface area contributed by atoms with Crippen LogP contribution in [0, 0.1) is 5.92 Å². The van der Waals surface area contributed by atoms with E-state index in [1.54, 1.807) is 4.90 Å². The average molecular weight is 315 g/mol. The van der Waals surface area contributed by atoms with E-state index in [9.17, 15) is 18.0 Å². The van der Waals surface area contributed by atoms with Crippen molar-refractivity contribution in [3.8, 4) is 0 Å². The Labute approximate surface area is 127 Å². The van der Waals surface area contributed by atoms with E-state index in [0.717, 1.165) is 24.0 Å². The summed E-state index contributed by atoms with van der Waals surface area (Å²) in [4.78, 5) is 13.3. The molecular weight excluding hydrogens is 295 g/mol. The Morgan fingerprint density at radius 2 is 1.86 bits per heavy atom. The number of nitrogens with zero attached hydrogens (tertiary/aromatic N) is 1. The Balaban J connectivity index is 1.80. The molecule has 1 aromatic carbocycles. The van der Waals surface area contributed by atoms with Crippen LogP contribution in [0.2, 0.25) is 0 Å². The van der Waals surface area contributed by atoms with E-state index in [0.29, 0.717) is 13.1 Å². The van der Waals surface area contributed by atoms with Crippen LogP contribution in [-0.2, 0) is 17.8 Å². The molecule has 122 valence electrons. The van der Waals surface area contributed by atoms with Crippen LogP contribution in [-0.4, -0.2) is 35.2 Å². The molecule has 0 spiro atoms. The van der Waals surface area contributed by atoms with Crippen molar-refractivity contribution in [1.82, 2.24) is 4.90 Å². The standard InChI is InChI=1S/C16H20F3NO2/c17-16(18,19)7-5-15(22)20-8-6-14(10-20)9-12-1-3-13(11-21)4-2-12/h1-4,14,21H,5-11H2/t14-/m0/s1. The fourth-order valence-electron chi connectivity index (χ4n) is 2.75. The summed E-state index contributed by atoms with van der Waals surface area (Å²) in [6, 6.07) is 7.60. The summed E-state index contributed by atoms with van der Waals surface area (Å²) in [6.45, 7) is 1.07. The topological polar surface area (TPSA) is 40.5 Å². The van der Waals surface area contributed by atoms with Crippen molar-refractivity contribution in [3.05, 3.63) is 35.4 Å². The van der Waals surface area contributed by atoms with Gasteiger partial charge >= 0.3 is 6.18 Å². The molecule has 1 amide bonds. The van der Waals surface area contributed by atoms with Gasteiger partial charge in [-0.25, -0.2) is 0 Å². The highest BCUT2D eigenvalue weighted by Crippen LogP contribution is 2.25. The highest BCUT2D eigenvalue weighted by Gasteiger charge is 2.31. The number of likely N-dealkylation sites (tertiary alicyclic amines) is 1. The molecule has 1 N–H and O–H groups in total. The first-order valence-corrected chi connectivity index (χ1v) is 7.40. The predicted octanol–water partition coefficient (Wildman–Crippen LogP) is 2.91. The van der Waals surface area contributed by atoms with Gasteiger partial charge in [0.15, 0.2) is 0 Å². The van der Waals surface area contributed by atoms with Crippen LogP contribution in [0.25, 0.3) is 0 Å². The van der Waals surface area contributed by atoms with Gasteiger partial charge in [-0.1, -0.05) is 24.3 Å². The van der Waals surface area contributed by atoms with Crippen LogP contribution in [0.3, 0.4) is 0 Å². The second kappa shape index (κ2) is 7.13. The van der Waals surface area contributed by atoms with Crippen molar-refractivity contribution in [1.29, 1.82) is 0 Å². The molecule has 1 atom stereocenters. The lowest BCUT2D eigenvalue weighted by molar-refractivity contribution is -0.148. The Bertz CT molecular complexity index is 499. The van der Waals surface area contributed by atoms with E-state index in [-0.39, 0.29) is 12.5 Å². The molecule has 2 rings (SSSR count). The largest absolute Gasteiger partial charge is 0.392 e. The molecular formula is C16H20F3NO2. The average Bonchev–Trinajstić information content (AvgIpc) is 2.93. The van der Waals surface area contributed by atoms with E-state index in [2.05, 4.69) is 0 Å². The van der Waals surface area contributed by atoms with Crippen LogP contribution < -0.4 is 0 Å². The fraction of sp³-hybridized carbons (Fsp3) is 0.562. The fourth-order valence-corrected chi connectivity index (χ4v) is 2.75. The van der Waals surface area contributed by atoms with Crippen molar-refractivity contribution in [3.63, 3.8) is 0 Å². The molecule has 1 aromatic rings. The molecule has 1 heterocycles. The molecule has 6 heteroatoms. The number of hydrogen-bond acceptors (Lipinski definition) is 2. The monoisotopic (exact) mass is 315 g/mol. The lowest BCUT2D eigenvalue weighted by Crippen LogP contribution is -2.29. The maximum Gasteiger partial charge on any atom is 0.389 e. The molecule has 0 saturated carbocycles. The van der Waals surface area contributed by atoms with Gasteiger partial charge < -0.3 is 10.0 Å². The summed E-state index contributed by atoms with van der Waals surface area (Å²) in [5, 5.41) is 8.99. The maximum absolute atomic E-state index is 12.1. The van der Waals surface area contributed by atoms with Crippen LogP contribution in [0.1, 0.15) is 30.4 Å². The van der Waals surface area contributed by atoms with Crippen molar-refractivity contribution in [2.24, 2.45) is 5.92 Å². The van der Waals surface area contributed by atoms with Crippen LogP contribution in [0.4, 0.5) is 13.2 Å². The number of benzene rings is 1. The normalized spacial score (nSPS) is 18.7. The van der Waals surface area contributed by atoms with Gasteiger partial charge in [-0.3, -0.25) is 4.79 Å². The third kappa shape index (κ3) is 5.02. The van der Waals surface area contributed by atoms with Crippen molar-refractivity contribution >= 4 is 5.91 Å². The molecule has 0 aliphatic carbocycles. The summed E-state index contributed by atoms with van der Waals surface area (Å²) in [5.41, 5.74) is 1.96. The summed E-state index contributed by atoms with van der Waals surface area (Å²) < 4.78 is 36.4. The number of aliphatic hydroxyl groups is 1. The number of hydrogen-bond donors (Lipinski definition) is 1. The van der Waals surface area contributed by atoms with E-state index < -0.39 is 24.9 Å². The number of amides is 1. The van der Waals surface area contributed by atoms with Gasteiger partial charge in [-0.05, 0) is 29.9 Å². The molecule has 0 radical (unpaired) electrons. The SMILES string of the molecule is O=C(CCC(F)(F)F)N1CC[C@@H](Cc2ccc(CO)cc2)C1. The predicted molar refractivity (Wildman–Crippen MR) is 76.0 cm³/mol. The first-order valence-electron chi connectivity index (χ1n) is 7.40. The third-order valence-corrected chi connectivity index (χ3v) is 3.99. The molecule has 1 aliphatic heterocycles. The minimum absolute atomic E-state index is 0.00515. The van der Waals surface area contributed by atoms with Crippen LogP contribution in [0.15, 0.2) is 24.3 Å². The Kier molecular flexibility index (Phi) is 5.45. The van der Waals surface area contributed by atoms with Gasteiger partial charge in [0.2, 0.25) is 5.91 Å². The number of carbonyl (C=O) groups is 1. The number of rotatable bonds is 5. The first-order chi connectivity index (χ1) is 10.4. The lowest BCUT2D eigenvalue weighted by Gasteiger charge is -2.17. The summed E-state index contributed by atoms with van der Waals surface area (Å²) in [5.74, 6) is -0.120. The Morgan fingerprint density at radius 1 is 1.23 bits per heavy atom.